The Morgan fingerprint density at radius 2 is 2.44 bits per heavy atom. The van der Waals surface area contributed by atoms with Gasteiger partial charge in [-0.25, -0.2) is 4.98 Å². The van der Waals surface area contributed by atoms with Crippen molar-refractivity contribution in [1.29, 1.82) is 0 Å². The smallest absolute Gasteiger partial charge is 0.269 e. The minimum atomic E-state index is -0.532. The normalized spacial score (nSPS) is 20.8. The molecule has 1 aromatic rings. The number of nitrogens with two attached hydrogens (primary N) is 1. The molecule has 16 heavy (non-hydrogen) atoms. The maximum Gasteiger partial charge on any atom is 0.269 e. The van der Waals surface area contributed by atoms with E-state index in [1.807, 2.05) is 11.0 Å². The predicted octanol–water partition coefficient (Wildman–Crippen LogP) is 0.142. The molecule has 1 saturated heterocycles. The second kappa shape index (κ2) is 4.49. The summed E-state index contributed by atoms with van der Waals surface area (Å²) in [6.07, 6.45) is 2.93. The molecule has 86 valence electrons. The molecule has 1 unspecified atom stereocenters. The summed E-state index contributed by atoms with van der Waals surface area (Å²) in [5, 5.41) is 9.59. The van der Waals surface area contributed by atoms with Crippen molar-refractivity contribution >= 4 is 11.6 Å². The van der Waals surface area contributed by atoms with Crippen molar-refractivity contribution in [1.82, 2.24) is 4.98 Å². The number of pyridine rings is 1. The van der Waals surface area contributed by atoms with E-state index in [1.165, 1.54) is 0 Å². The summed E-state index contributed by atoms with van der Waals surface area (Å²) in [6, 6.07) is 3.58. The van der Waals surface area contributed by atoms with Gasteiger partial charge in [-0.05, 0) is 25.0 Å². The Kier molecular flexibility index (Phi) is 3.05. The third-order valence-corrected chi connectivity index (χ3v) is 2.76. The lowest BCUT2D eigenvalue weighted by Gasteiger charge is -2.32. The van der Waals surface area contributed by atoms with E-state index in [2.05, 4.69) is 4.98 Å². The molecule has 0 aliphatic carbocycles. The number of primary amides is 1. The van der Waals surface area contributed by atoms with Crippen LogP contribution >= 0.6 is 0 Å². The standard InChI is InChI=1S/C11H15N3O2/c12-11(16)10-9(4-1-5-13-10)14-6-2-3-8(15)7-14/h1,4-5,8,15H,2-3,6-7H2,(H2,12,16). The van der Waals surface area contributed by atoms with Gasteiger partial charge in [-0.3, -0.25) is 4.79 Å². The molecular formula is C11H15N3O2. The highest BCUT2D eigenvalue weighted by Gasteiger charge is 2.21. The highest BCUT2D eigenvalue weighted by molar-refractivity contribution is 5.96. The number of hydrogen-bond acceptors (Lipinski definition) is 4. The molecule has 5 heteroatoms. The summed E-state index contributed by atoms with van der Waals surface area (Å²) < 4.78 is 0. The van der Waals surface area contributed by atoms with E-state index in [4.69, 9.17) is 5.73 Å². The van der Waals surface area contributed by atoms with Gasteiger partial charge in [-0.15, -0.1) is 0 Å². The summed E-state index contributed by atoms with van der Waals surface area (Å²) in [6.45, 7) is 1.36. The van der Waals surface area contributed by atoms with Crippen molar-refractivity contribution in [2.75, 3.05) is 18.0 Å². The fourth-order valence-electron chi connectivity index (χ4n) is 2.02. The Balaban J connectivity index is 2.28. The molecule has 0 spiro atoms. The van der Waals surface area contributed by atoms with Crippen LogP contribution in [0.1, 0.15) is 23.3 Å². The van der Waals surface area contributed by atoms with Crippen LogP contribution in [0.5, 0.6) is 0 Å². The molecule has 1 amide bonds. The van der Waals surface area contributed by atoms with E-state index in [0.29, 0.717) is 12.2 Å². The summed E-state index contributed by atoms with van der Waals surface area (Å²) in [4.78, 5) is 17.2. The lowest BCUT2D eigenvalue weighted by molar-refractivity contribution is 0.0995. The predicted molar refractivity (Wildman–Crippen MR) is 60.2 cm³/mol. The van der Waals surface area contributed by atoms with Gasteiger partial charge in [0.05, 0.1) is 11.8 Å². The quantitative estimate of drug-likeness (QED) is 0.744. The van der Waals surface area contributed by atoms with Crippen molar-refractivity contribution < 1.29 is 9.90 Å². The highest BCUT2D eigenvalue weighted by atomic mass is 16.3. The average molecular weight is 221 g/mol. The van der Waals surface area contributed by atoms with Crippen molar-refractivity contribution in [3.8, 4) is 0 Å². The summed E-state index contributed by atoms with van der Waals surface area (Å²) in [5.41, 5.74) is 6.26. The first-order chi connectivity index (χ1) is 7.68. The Bertz CT molecular complexity index is 395. The summed E-state index contributed by atoms with van der Waals surface area (Å²) in [5.74, 6) is -0.532. The number of nitrogens with zero attached hydrogens (tertiary/aromatic N) is 2. The number of aliphatic hydroxyl groups excluding tert-OH is 1. The van der Waals surface area contributed by atoms with Gasteiger partial charge in [0.25, 0.3) is 5.91 Å². The van der Waals surface area contributed by atoms with Crippen LogP contribution in [0.3, 0.4) is 0 Å². The molecule has 1 atom stereocenters. The van der Waals surface area contributed by atoms with E-state index in [0.717, 1.165) is 19.4 Å². The first kappa shape index (κ1) is 10.9. The third kappa shape index (κ3) is 2.14. The third-order valence-electron chi connectivity index (χ3n) is 2.76. The zero-order valence-corrected chi connectivity index (χ0v) is 8.97. The molecule has 0 radical (unpaired) electrons. The number of amides is 1. The number of carbonyl (C=O) groups excluding carboxylic acids is 1. The summed E-state index contributed by atoms with van der Waals surface area (Å²) in [7, 11) is 0. The van der Waals surface area contributed by atoms with Crippen LogP contribution in [0.25, 0.3) is 0 Å². The van der Waals surface area contributed by atoms with Crippen LogP contribution in [0.2, 0.25) is 0 Å². The lowest BCUT2D eigenvalue weighted by Crippen LogP contribution is -2.39. The fraction of sp³-hybridized carbons (Fsp3) is 0.455. The van der Waals surface area contributed by atoms with E-state index >= 15 is 0 Å². The molecule has 0 saturated carbocycles. The fourth-order valence-corrected chi connectivity index (χ4v) is 2.02. The first-order valence-electron chi connectivity index (χ1n) is 5.36. The number of aliphatic hydroxyl groups is 1. The minimum Gasteiger partial charge on any atom is -0.391 e. The lowest BCUT2D eigenvalue weighted by atomic mass is 10.1. The zero-order chi connectivity index (χ0) is 11.5. The Morgan fingerprint density at radius 1 is 1.62 bits per heavy atom. The van der Waals surface area contributed by atoms with Gasteiger partial charge in [0, 0.05) is 19.3 Å². The van der Waals surface area contributed by atoms with Crippen LogP contribution in [0.15, 0.2) is 18.3 Å². The maximum absolute atomic E-state index is 11.2. The molecule has 0 aromatic carbocycles. The largest absolute Gasteiger partial charge is 0.391 e. The number of carbonyl (C=O) groups is 1. The molecule has 1 aliphatic heterocycles. The van der Waals surface area contributed by atoms with Gasteiger partial charge in [-0.2, -0.15) is 0 Å². The number of rotatable bonds is 2. The van der Waals surface area contributed by atoms with Crippen molar-refractivity contribution in [3.63, 3.8) is 0 Å². The van der Waals surface area contributed by atoms with E-state index in [9.17, 15) is 9.90 Å². The average Bonchev–Trinajstić information content (AvgIpc) is 2.29. The molecular weight excluding hydrogens is 206 g/mol. The molecule has 0 bridgehead atoms. The van der Waals surface area contributed by atoms with E-state index < -0.39 is 5.91 Å². The summed E-state index contributed by atoms with van der Waals surface area (Å²) >= 11 is 0. The monoisotopic (exact) mass is 221 g/mol. The van der Waals surface area contributed by atoms with E-state index in [1.54, 1.807) is 12.3 Å². The van der Waals surface area contributed by atoms with Gasteiger partial charge < -0.3 is 15.7 Å². The van der Waals surface area contributed by atoms with E-state index in [-0.39, 0.29) is 11.8 Å². The van der Waals surface area contributed by atoms with Gasteiger partial charge in [-0.1, -0.05) is 0 Å². The van der Waals surface area contributed by atoms with Crippen molar-refractivity contribution in [3.05, 3.63) is 24.0 Å². The first-order valence-corrected chi connectivity index (χ1v) is 5.36. The Morgan fingerprint density at radius 3 is 3.12 bits per heavy atom. The second-order valence-corrected chi connectivity index (χ2v) is 3.98. The minimum absolute atomic E-state index is 0.275. The SMILES string of the molecule is NC(=O)c1ncccc1N1CCCC(O)C1. The van der Waals surface area contributed by atoms with Crippen LogP contribution < -0.4 is 10.6 Å². The molecule has 3 N–H and O–H groups in total. The van der Waals surface area contributed by atoms with Crippen LogP contribution in [0, 0.1) is 0 Å². The molecule has 2 heterocycles. The molecule has 1 fully saturated rings. The van der Waals surface area contributed by atoms with Crippen LogP contribution in [-0.2, 0) is 0 Å². The number of anilines is 1. The van der Waals surface area contributed by atoms with Gasteiger partial charge in [0.2, 0.25) is 0 Å². The number of β-amino-alcohol motifs (C(OH)–C–C–N with tert-alkyl or cyclic N) is 1. The topological polar surface area (TPSA) is 79.5 Å². The van der Waals surface area contributed by atoms with Crippen LogP contribution in [0.4, 0.5) is 5.69 Å². The Hall–Kier alpha value is -1.62. The molecule has 1 aliphatic rings. The molecule has 5 nitrogen and oxygen atoms in total. The Labute approximate surface area is 93.9 Å². The van der Waals surface area contributed by atoms with Gasteiger partial charge in [0.15, 0.2) is 5.69 Å². The zero-order valence-electron chi connectivity index (χ0n) is 8.97. The van der Waals surface area contributed by atoms with Crippen LogP contribution in [-0.4, -0.2) is 35.2 Å². The van der Waals surface area contributed by atoms with Gasteiger partial charge >= 0.3 is 0 Å². The number of aromatic nitrogens is 1. The molecule has 2 rings (SSSR count). The maximum atomic E-state index is 11.2. The highest BCUT2D eigenvalue weighted by Crippen LogP contribution is 2.22. The second-order valence-electron chi connectivity index (χ2n) is 3.98. The van der Waals surface area contributed by atoms with Crippen molar-refractivity contribution in [2.24, 2.45) is 5.73 Å². The number of piperidine rings is 1. The van der Waals surface area contributed by atoms with Crippen molar-refractivity contribution in [2.45, 2.75) is 18.9 Å². The van der Waals surface area contributed by atoms with Gasteiger partial charge in [0.1, 0.15) is 0 Å². The number of hydrogen-bond donors (Lipinski definition) is 2. The molecule has 1 aromatic heterocycles.